The highest BCUT2D eigenvalue weighted by Crippen LogP contribution is 2.33. The zero-order chi connectivity index (χ0) is 17.6. The Bertz CT molecular complexity index is 981. The molecule has 0 spiro atoms. The van der Waals surface area contributed by atoms with Gasteiger partial charge in [0.25, 0.3) is 5.91 Å². The molecule has 1 aliphatic rings. The van der Waals surface area contributed by atoms with Crippen molar-refractivity contribution >= 4 is 16.8 Å². The maximum atomic E-state index is 13.4. The Kier molecular flexibility index (Phi) is 3.67. The average Bonchev–Trinajstić information content (AvgIpc) is 3.01. The molecule has 128 valence electrons. The lowest BCUT2D eigenvalue weighted by molar-refractivity contribution is 0.0734. The maximum absolute atomic E-state index is 13.4. The minimum absolute atomic E-state index is 0.153. The summed E-state index contributed by atoms with van der Waals surface area (Å²) >= 11 is 0. The fourth-order valence-electron chi connectivity index (χ4n) is 3.37. The number of aromatic amines is 1. The number of carbonyl (C=O) groups is 1. The Morgan fingerprint density at radius 3 is 2.80 bits per heavy atom. The third-order valence-electron chi connectivity index (χ3n) is 4.65. The SMILES string of the molecule is COc1cccc2c3c([nH]c12)CCN(C(=O)c1ccc(F)c(F)c1)C3. The molecule has 0 bridgehead atoms. The van der Waals surface area contributed by atoms with Gasteiger partial charge in [-0.1, -0.05) is 12.1 Å². The van der Waals surface area contributed by atoms with Crippen molar-refractivity contribution in [2.24, 2.45) is 0 Å². The first kappa shape index (κ1) is 15.6. The van der Waals surface area contributed by atoms with Gasteiger partial charge in [0.05, 0.1) is 12.6 Å². The summed E-state index contributed by atoms with van der Waals surface area (Å²) in [6.07, 6.45) is 0.669. The number of rotatable bonds is 2. The average molecular weight is 342 g/mol. The molecule has 4 nitrogen and oxygen atoms in total. The number of H-pyrrole nitrogens is 1. The molecule has 0 aliphatic carbocycles. The highest BCUT2D eigenvalue weighted by atomic mass is 19.2. The minimum Gasteiger partial charge on any atom is -0.495 e. The largest absolute Gasteiger partial charge is 0.495 e. The number of ether oxygens (including phenoxy) is 1. The van der Waals surface area contributed by atoms with Crippen molar-refractivity contribution in [1.29, 1.82) is 0 Å². The molecule has 1 aliphatic heterocycles. The maximum Gasteiger partial charge on any atom is 0.254 e. The first-order valence-corrected chi connectivity index (χ1v) is 7.99. The zero-order valence-corrected chi connectivity index (χ0v) is 13.6. The molecule has 3 aromatic rings. The van der Waals surface area contributed by atoms with E-state index in [0.717, 1.165) is 40.0 Å². The van der Waals surface area contributed by atoms with Crippen LogP contribution >= 0.6 is 0 Å². The molecule has 2 heterocycles. The van der Waals surface area contributed by atoms with E-state index in [-0.39, 0.29) is 11.5 Å². The Morgan fingerprint density at radius 1 is 1.20 bits per heavy atom. The van der Waals surface area contributed by atoms with Crippen molar-refractivity contribution in [2.75, 3.05) is 13.7 Å². The Labute approximate surface area is 143 Å². The predicted octanol–water partition coefficient (Wildman–Crippen LogP) is 3.65. The summed E-state index contributed by atoms with van der Waals surface area (Å²) in [5, 5.41) is 1.01. The second-order valence-electron chi connectivity index (χ2n) is 6.07. The van der Waals surface area contributed by atoms with Gasteiger partial charge in [-0.3, -0.25) is 4.79 Å². The molecule has 2 aromatic carbocycles. The second kappa shape index (κ2) is 5.88. The number of aromatic nitrogens is 1. The first-order valence-electron chi connectivity index (χ1n) is 7.99. The van der Waals surface area contributed by atoms with Crippen LogP contribution in [0.2, 0.25) is 0 Å². The predicted molar refractivity (Wildman–Crippen MR) is 89.7 cm³/mol. The number of hydrogen-bond donors (Lipinski definition) is 1. The third kappa shape index (κ3) is 2.54. The lowest BCUT2D eigenvalue weighted by Gasteiger charge is -2.27. The van der Waals surface area contributed by atoms with Crippen LogP contribution in [0.25, 0.3) is 10.9 Å². The number of methoxy groups -OCH3 is 1. The van der Waals surface area contributed by atoms with Crippen LogP contribution in [0, 0.1) is 11.6 Å². The van der Waals surface area contributed by atoms with E-state index in [9.17, 15) is 13.6 Å². The van der Waals surface area contributed by atoms with Gasteiger partial charge in [0.1, 0.15) is 5.75 Å². The van der Waals surface area contributed by atoms with E-state index in [4.69, 9.17) is 4.74 Å². The van der Waals surface area contributed by atoms with Gasteiger partial charge < -0.3 is 14.6 Å². The molecule has 6 heteroatoms. The Balaban J connectivity index is 1.68. The van der Waals surface area contributed by atoms with E-state index in [1.165, 1.54) is 6.07 Å². The quantitative estimate of drug-likeness (QED) is 0.773. The van der Waals surface area contributed by atoms with Crippen LogP contribution in [-0.4, -0.2) is 29.4 Å². The lowest BCUT2D eigenvalue weighted by atomic mass is 10.0. The topological polar surface area (TPSA) is 45.3 Å². The van der Waals surface area contributed by atoms with Gasteiger partial charge in [0.2, 0.25) is 0 Å². The fourth-order valence-corrected chi connectivity index (χ4v) is 3.37. The molecular weight excluding hydrogens is 326 g/mol. The molecule has 25 heavy (non-hydrogen) atoms. The summed E-state index contributed by atoms with van der Waals surface area (Å²) in [5.41, 5.74) is 3.18. The first-order chi connectivity index (χ1) is 12.1. The third-order valence-corrected chi connectivity index (χ3v) is 4.65. The number of nitrogens with zero attached hydrogens (tertiary/aromatic N) is 1. The highest BCUT2D eigenvalue weighted by molar-refractivity contribution is 5.95. The molecule has 0 fully saturated rings. The van der Waals surface area contributed by atoms with Crippen LogP contribution in [-0.2, 0) is 13.0 Å². The van der Waals surface area contributed by atoms with Gasteiger partial charge in [0, 0.05) is 41.7 Å². The Morgan fingerprint density at radius 2 is 2.04 bits per heavy atom. The van der Waals surface area contributed by atoms with Crippen molar-refractivity contribution in [1.82, 2.24) is 9.88 Å². The van der Waals surface area contributed by atoms with E-state index in [2.05, 4.69) is 4.98 Å². The number of halogens is 2. The highest BCUT2D eigenvalue weighted by Gasteiger charge is 2.26. The summed E-state index contributed by atoms with van der Waals surface area (Å²) in [5.74, 6) is -1.52. The number of carbonyl (C=O) groups excluding carboxylic acids is 1. The number of nitrogens with one attached hydrogen (secondary N) is 1. The summed E-state index contributed by atoms with van der Waals surface area (Å²) in [7, 11) is 1.62. The molecule has 0 saturated heterocycles. The van der Waals surface area contributed by atoms with Crippen molar-refractivity contribution in [3.8, 4) is 5.75 Å². The van der Waals surface area contributed by atoms with E-state index < -0.39 is 11.6 Å². The summed E-state index contributed by atoms with van der Waals surface area (Å²) in [4.78, 5) is 17.7. The number of benzene rings is 2. The van der Waals surface area contributed by atoms with Crippen LogP contribution in [0.1, 0.15) is 21.6 Å². The zero-order valence-electron chi connectivity index (χ0n) is 13.6. The fraction of sp³-hybridized carbons (Fsp3) is 0.211. The van der Waals surface area contributed by atoms with Gasteiger partial charge in [-0.2, -0.15) is 0 Å². The molecule has 0 unspecified atom stereocenters. The van der Waals surface area contributed by atoms with Gasteiger partial charge in [0.15, 0.2) is 11.6 Å². The van der Waals surface area contributed by atoms with Crippen molar-refractivity contribution in [2.45, 2.75) is 13.0 Å². The standard InChI is InChI=1S/C19H16F2N2O2/c1-25-17-4-2-3-12-13-10-23(8-7-16(13)22-18(12)17)19(24)11-5-6-14(20)15(21)9-11/h2-6,9,22H,7-8,10H2,1H3. The smallest absolute Gasteiger partial charge is 0.254 e. The van der Waals surface area contributed by atoms with Crippen LogP contribution in [0.3, 0.4) is 0 Å². The number of fused-ring (bicyclic) bond motifs is 3. The monoisotopic (exact) mass is 342 g/mol. The molecule has 0 saturated carbocycles. The lowest BCUT2D eigenvalue weighted by Crippen LogP contribution is -2.35. The van der Waals surface area contributed by atoms with Crippen molar-refractivity contribution in [3.63, 3.8) is 0 Å². The Hall–Kier alpha value is -2.89. The molecule has 1 N–H and O–H groups in total. The normalized spacial score (nSPS) is 13.8. The molecule has 4 rings (SSSR count). The van der Waals surface area contributed by atoms with Crippen LogP contribution in [0.4, 0.5) is 8.78 Å². The molecular formula is C19H16F2N2O2. The molecule has 1 aromatic heterocycles. The molecule has 1 amide bonds. The summed E-state index contributed by atoms with van der Waals surface area (Å²) < 4.78 is 31.9. The van der Waals surface area contributed by atoms with Crippen LogP contribution in [0.15, 0.2) is 36.4 Å². The van der Waals surface area contributed by atoms with Gasteiger partial charge in [-0.25, -0.2) is 8.78 Å². The summed E-state index contributed by atoms with van der Waals surface area (Å²) in [6.45, 7) is 0.931. The van der Waals surface area contributed by atoms with E-state index >= 15 is 0 Å². The van der Waals surface area contributed by atoms with E-state index in [1.807, 2.05) is 18.2 Å². The van der Waals surface area contributed by atoms with Crippen molar-refractivity contribution in [3.05, 3.63) is 64.9 Å². The van der Waals surface area contributed by atoms with Gasteiger partial charge in [-0.05, 0) is 24.3 Å². The van der Waals surface area contributed by atoms with Gasteiger partial charge >= 0.3 is 0 Å². The summed E-state index contributed by atoms with van der Waals surface area (Å²) in [6, 6.07) is 9.02. The van der Waals surface area contributed by atoms with Crippen LogP contribution < -0.4 is 4.74 Å². The van der Waals surface area contributed by atoms with E-state index in [1.54, 1.807) is 12.0 Å². The van der Waals surface area contributed by atoms with Crippen LogP contribution in [0.5, 0.6) is 5.75 Å². The van der Waals surface area contributed by atoms with E-state index in [0.29, 0.717) is 19.5 Å². The minimum atomic E-state index is -1.01. The number of para-hydroxylation sites is 1. The molecule has 0 radical (unpaired) electrons. The molecule has 0 atom stereocenters. The second-order valence-corrected chi connectivity index (χ2v) is 6.07. The number of amides is 1. The van der Waals surface area contributed by atoms with Crippen molar-refractivity contribution < 1.29 is 18.3 Å². The number of hydrogen-bond acceptors (Lipinski definition) is 2. The van der Waals surface area contributed by atoms with Gasteiger partial charge in [-0.15, -0.1) is 0 Å².